The van der Waals surface area contributed by atoms with Gasteiger partial charge in [0.2, 0.25) is 0 Å². The van der Waals surface area contributed by atoms with Crippen LogP contribution in [0.5, 0.6) is 0 Å². The van der Waals surface area contributed by atoms with E-state index < -0.39 is 0 Å². The zero-order chi connectivity index (χ0) is 13.3. The van der Waals surface area contributed by atoms with Gasteiger partial charge in [-0.05, 0) is 18.6 Å². The maximum absolute atomic E-state index is 5.65. The third-order valence-corrected chi connectivity index (χ3v) is 3.28. The monoisotopic (exact) mass is 261 g/mol. The van der Waals surface area contributed by atoms with Gasteiger partial charge in [-0.25, -0.2) is 4.68 Å². The van der Waals surface area contributed by atoms with Gasteiger partial charge in [-0.3, -0.25) is 0 Å². The highest BCUT2D eigenvalue weighted by Crippen LogP contribution is 2.10. The third-order valence-electron chi connectivity index (χ3n) is 3.28. The number of hydrogen-bond acceptors (Lipinski definition) is 3. The summed E-state index contributed by atoms with van der Waals surface area (Å²) >= 11 is 0. The summed E-state index contributed by atoms with van der Waals surface area (Å²) in [6.07, 6.45) is 7.73. The van der Waals surface area contributed by atoms with Gasteiger partial charge in [0.15, 0.2) is 0 Å². The van der Waals surface area contributed by atoms with E-state index in [1.54, 1.807) is 0 Å². The Balaban J connectivity index is 1.63. The summed E-state index contributed by atoms with van der Waals surface area (Å²) in [6, 6.07) is 7.95. The van der Waals surface area contributed by atoms with Crippen molar-refractivity contribution in [2.24, 2.45) is 0 Å². The minimum absolute atomic E-state index is 0.496. The summed E-state index contributed by atoms with van der Waals surface area (Å²) in [5.74, 6) is 0. The molecule has 0 N–H and O–H groups in total. The van der Waals surface area contributed by atoms with Crippen LogP contribution < -0.4 is 0 Å². The molecule has 1 heterocycles. The second-order valence-corrected chi connectivity index (χ2v) is 4.88. The van der Waals surface area contributed by atoms with Crippen LogP contribution in [0.1, 0.15) is 45.4 Å². The lowest BCUT2D eigenvalue weighted by Gasteiger charge is -2.04. The number of para-hydroxylation sites is 1. The average molecular weight is 261 g/mol. The van der Waals surface area contributed by atoms with E-state index >= 15 is 0 Å². The van der Waals surface area contributed by atoms with Crippen molar-refractivity contribution >= 4 is 11.0 Å². The maximum Gasteiger partial charge on any atom is 0.141 e. The lowest BCUT2D eigenvalue weighted by atomic mass is 10.1. The molecule has 2 aromatic rings. The fourth-order valence-electron chi connectivity index (χ4n) is 2.15. The van der Waals surface area contributed by atoms with Crippen molar-refractivity contribution < 1.29 is 4.74 Å². The number of rotatable bonds is 9. The molecule has 4 heteroatoms. The summed E-state index contributed by atoms with van der Waals surface area (Å²) < 4.78 is 7.47. The Morgan fingerprint density at radius 2 is 1.84 bits per heavy atom. The molecule has 0 unspecified atom stereocenters. The van der Waals surface area contributed by atoms with Gasteiger partial charge in [0.1, 0.15) is 12.2 Å². The first-order chi connectivity index (χ1) is 9.42. The molecule has 2 rings (SSSR count). The molecule has 104 valence electrons. The van der Waals surface area contributed by atoms with Gasteiger partial charge in [0, 0.05) is 6.61 Å². The highest BCUT2D eigenvalue weighted by atomic mass is 16.5. The van der Waals surface area contributed by atoms with E-state index in [9.17, 15) is 0 Å². The molecule has 0 fully saturated rings. The second kappa shape index (κ2) is 7.89. The number of benzene rings is 1. The molecule has 1 aromatic carbocycles. The van der Waals surface area contributed by atoms with Crippen molar-refractivity contribution in [1.29, 1.82) is 0 Å². The highest BCUT2D eigenvalue weighted by Gasteiger charge is 2.02. The van der Waals surface area contributed by atoms with E-state index in [2.05, 4.69) is 17.2 Å². The molecule has 0 bridgehead atoms. The third kappa shape index (κ3) is 4.31. The lowest BCUT2D eigenvalue weighted by Crippen LogP contribution is -2.05. The summed E-state index contributed by atoms with van der Waals surface area (Å²) in [6.45, 7) is 3.54. The van der Waals surface area contributed by atoms with Gasteiger partial charge in [0.25, 0.3) is 0 Å². The first-order valence-electron chi connectivity index (χ1n) is 7.28. The van der Waals surface area contributed by atoms with Crippen LogP contribution in [0.15, 0.2) is 24.3 Å². The average Bonchev–Trinajstić information content (AvgIpc) is 2.85. The Hall–Kier alpha value is -1.42. The van der Waals surface area contributed by atoms with Crippen LogP contribution in [0.25, 0.3) is 11.0 Å². The fourth-order valence-corrected chi connectivity index (χ4v) is 2.15. The van der Waals surface area contributed by atoms with Crippen LogP contribution >= 0.6 is 0 Å². The minimum atomic E-state index is 0.496. The van der Waals surface area contributed by atoms with Crippen LogP contribution in [0.4, 0.5) is 0 Å². The number of hydrogen-bond donors (Lipinski definition) is 0. The summed E-state index contributed by atoms with van der Waals surface area (Å²) in [4.78, 5) is 0. The molecule has 0 aliphatic carbocycles. The predicted molar refractivity (Wildman–Crippen MR) is 76.9 cm³/mol. The molecule has 0 saturated carbocycles. The Morgan fingerprint density at radius 3 is 2.74 bits per heavy atom. The van der Waals surface area contributed by atoms with Crippen molar-refractivity contribution in [3.8, 4) is 0 Å². The van der Waals surface area contributed by atoms with Gasteiger partial charge in [-0.1, -0.05) is 56.4 Å². The standard InChI is InChI=1S/C15H23N3O/c1-2-3-4-5-6-9-12-19-13-18-15-11-8-7-10-14(15)16-17-18/h7-8,10-11H,2-6,9,12-13H2,1H3. The SMILES string of the molecule is CCCCCCCCOCn1nnc2ccccc21. The highest BCUT2D eigenvalue weighted by molar-refractivity contribution is 5.73. The number of nitrogens with zero attached hydrogens (tertiary/aromatic N) is 3. The van der Waals surface area contributed by atoms with Crippen LogP contribution in [0, 0.1) is 0 Å². The smallest absolute Gasteiger partial charge is 0.141 e. The molecule has 0 spiro atoms. The van der Waals surface area contributed by atoms with Crippen molar-refractivity contribution in [2.45, 2.75) is 52.2 Å². The fraction of sp³-hybridized carbons (Fsp3) is 0.600. The van der Waals surface area contributed by atoms with Crippen LogP contribution in [0.3, 0.4) is 0 Å². The quantitative estimate of drug-likeness (QED) is 0.645. The normalized spacial score (nSPS) is 11.2. The Bertz CT molecular complexity index is 481. The van der Waals surface area contributed by atoms with Gasteiger partial charge < -0.3 is 4.74 Å². The van der Waals surface area contributed by atoms with Gasteiger partial charge >= 0.3 is 0 Å². The zero-order valence-corrected chi connectivity index (χ0v) is 11.7. The van der Waals surface area contributed by atoms with E-state index in [4.69, 9.17) is 4.74 Å². The minimum Gasteiger partial charge on any atom is -0.359 e. The predicted octanol–water partition coefficient (Wildman–Crippen LogP) is 3.77. The second-order valence-electron chi connectivity index (χ2n) is 4.88. The van der Waals surface area contributed by atoms with Crippen LogP contribution in [-0.2, 0) is 11.5 Å². The van der Waals surface area contributed by atoms with E-state index in [0.29, 0.717) is 6.73 Å². The summed E-state index contributed by atoms with van der Waals surface area (Å²) in [7, 11) is 0. The molecule has 0 aliphatic rings. The van der Waals surface area contributed by atoms with E-state index in [1.807, 2.05) is 28.9 Å². The first kappa shape index (κ1) is 14.0. The van der Waals surface area contributed by atoms with Gasteiger partial charge in [-0.15, -0.1) is 5.10 Å². The zero-order valence-electron chi connectivity index (χ0n) is 11.7. The Morgan fingerprint density at radius 1 is 1.05 bits per heavy atom. The number of ether oxygens (including phenoxy) is 1. The largest absolute Gasteiger partial charge is 0.359 e. The molecule has 0 amide bonds. The van der Waals surface area contributed by atoms with Crippen molar-refractivity contribution in [2.75, 3.05) is 6.61 Å². The van der Waals surface area contributed by atoms with Crippen LogP contribution in [0.2, 0.25) is 0 Å². The molecule has 19 heavy (non-hydrogen) atoms. The van der Waals surface area contributed by atoms with E-state index in [-0.39, 0.29) is 0 Å². The van der Waals surface area contributed by atoms with Crippen molar-refractivity contribution in [3.05, 3.63) is 24.3 Å². The molecule has 0 atom stereocenters. The lowest BCUT2D eigenvalue weighted by molar-refractivity contribution is 0.0675. The number of aromatic nitrogens is 3. The summed E-state index contributed by atoms with van der Waals surface area (Å²) in [5.41, 5.74) is 1.95. The number of unbranched alkanes of at least 4 members (excludes halogenated alkanes) is 5. The van der Waals surface area contributed by atoms with Crippen molar-refractivity contribution in [3.63, 3.8) is 0 Å². The molecule has 4 nitrogen and oxygen atoms in total. The summed E-state index contributed by atoms with van der Waals surface area (Å²) in [5, 5.41) is 8.20. The van der Waals surface area contributed by atoms with E-state index in [0.717, 1.165) is 24.1 Å². The van der Waals surface area contributed by atoms with Crippen LogP contribution in [-0.4, -0.2) is 21.6 Å². The van der Waals surface area contributed by atoms with Crippen molar-refractivity contribution in [1.82, 2.24) is 15.0 Å². The molecular formula is C15H23N3O. The Labute approximate surface area is 114 Å². The molecule has 0 saturated heterocycles. The van der Waals surface area contributed by atoms with E-state index in [1.165, 1.54) is 32.1 Å². The van der Waals surface area contributed by atoms with Gasteiger partial charge in [0.05, 0.1) is 5.52 Å². The Kier molecular flexibility index (Phi) is 5.82. The molecular weight excluding hydrogens is 238 g/mol. The molecule has 0 aliphatic heterocycles. The first-order valence-corrected chi connectivity index (χ1v) is 7.28. The topological polar surface area (TPSA) is 39.9 Å². The van der Waals surface area contributed by atoms with Gasteiger partial charge in [-0.2, -0.15) is 0 Å². The molecule has 0 radical (unpaired) electrons. The maximum atomic E-state index is 5.65. The number of fused-ring (bicyclic) bond motifs is 1. The molecule has 1 aromatic heterocycles.